The number of carbonyl (C=O) groups is 3. The molecule has 0 saturated carbocycles. The van der Waals surface area contributed by atoms with E-state index in [2.05, 4.69) is 12.2 Å². The quantitative estimate of drug-likeness (QED) is 0.801. The number of ketones is 1. The Kier molecular flexibility index (Phi) is 5.33. The Balaban J connectivity index is 1.50. The molecule has 1 N–H and O–H groups in total. The first-order valence-corrected chi connectivity index (χ1v) is 10.7. The lowest BCUT2D eigenvalue weighted by Gasteiger charge is -2.31. The molecule has 162 valence electrons. The Bertz CT molecular complexity index is 1070. The molecular weight excluding hydrogens is 392 g/mol. The molecular formula is C25H28N2O4. The molecule has 0 aromatic heterocycles. The number of anilines is 2. The van der Waals surface area contributed by atoms with E-state index in [-0.39, 0.29) is 24.0 Å². The van der Waals surface area contributed by atoms with Crippen LogP contribution in [0.4, 0.5) is 11.4 Å². The highest BCUT2D eigenvalue weighted by Gasteiger charge is 2.37. The number of carbonyl (C=O) groups excluding carboxylic acids is 3. The number of rotatable bonds is 4. The lowest BCUT2D eigenvalue weighted by Crippen LogP contribution is -2.36. The predicted molar refractivity (Wildman–Crippen MR) is 120 cm³/mol. The predicted octanol–water partition coefficient (Wildman–Crippen LogP) is 4.29. The maximum atomic E-state index is 12.9. The van der Waals surface area contributed by atoms with Crippen LogP contribution in [0.1, 0.15) is 55.1 Å². The van der Waals surface area contributed by atoms with Gasteiger partial charge < -0.3 is 15.0 Å². The van der Waals surface area contributed by atoms with Gasteiger partial charge in [-0.05, 0) is 56.5 Å². The minimum atomic E-state index is -0.532. The van der Waals surface area contributed by atoms with E-state index in [4.69, 9.17) is 4.74 Å². The average molecular weight is 421 g/mol. The van der Waals surface area contributed by atoms with Crippen molar-refractivity contribution in [3.63, 3.8) is 0 Å². The van der Waals surface area contributed by atoms with E-state index in [1.807, 2.05) is 39.0 Å². The number of hydrogen-bond acceptors (Lipinski definition) is 4. The standard InChI is InChI=1S/C25H28N2O4/c1-5-16-8-6-7-15(2)23(16)27-14-17(11-22(27)29)24(30)26-18-9-10-21-19(12-18)20(28)13-25(3,4)31-21/h6-10,12,17H,5,11,13-14H2,1-4H3,(H,26,30). The van der Waals surface area contributed by atoms with Crippen molar-refractivity contribution in [2.45, 2.75) is 52.6 Å². The van der Waals surface area contributed by atoms with E-state index in [9.17, 15) is 14.4 Å². The Labute approximate surface area is 182 Å². The summed E-state index contributed by atoms with van der Waals surface area (Å²) < 4.78 is 5.87. The SMILES string of the molecule is CCc1cccc(C)c1N1CC(C(=O)Nc2ccc3c(c2)C(=O)CC(C)(C)O3)CC1=O. The molecule has 31 heavy (non-hydrogen) atoms. The van der Waals surface area contributed by atoms with Crippen molar-refractivity contribution in [3.8, 4) is 5.75 Å². The monoisotopic (exact) mass is 420 g/mol. The lowest BCUT2D eigenvalue weighted by molar-refractivity contribution is -0.122. The summed E-state index contributed by atoms with van der Waals surface area (Å²) in [7, 11) is 0. The Hall–Kier alpha value is -3.15. The van der Waals surface area contributed by atoms with Gasteiger partial charge in [0.05, 0.1) is 17.9 Å². The summed E-state index contributed by atoms with van der Waals surface area (Å²) >= 11 is 0. The summed E-state index contributed by atoms with van der Waals surface area (Å²) in [6, 6.07) is 11.1. The number of nitrogens with zero attached hydrogens (tertiary/aromatic N) is 1. The number of aryl methyl sites for hydroxylation is 2. The third kappa shape index (κ3) is 4.07. The van der Waals surface area contributed by atoms with E-state index in [0.29, 0.717) is 30.0 Å². The summed E-state index contributed by atoms with van der Waals surface area (Å²) in [4.78, 5) is 39.9. The van der Waals surface area contributed by atoms with Crippen LogP contribution in [-0.2, 0) is 16.0 Å². The van der Waals surface area contributed by atoms with Gasteiger partial charge in [-0.1, -0.05) is 25.1 Å². The van der Waals surface area contributed by atoms with Gasteiger partial charge in [0.25, 0.3) is 0 Å². The molecule has 4 rings (SSSR count). The molecule has 2 aromatic carbocycles. The van der Waals surface area contributed by atoms with Gasteiger partial charge in [-0.25, -0.2) is 0 Å². The molecule has 0 aliphatic carbocycles. The maximum absolute atomic E-state index is 12.9. The number of fused-ring (bicyclic) bond motifs is 1. The fourth-order valence-corrected chi connectivity index (χ4v) is 4.47. The number of para-hydroxylation sites is 1. The molecule has 2 aromatic rings. The summed E-state index contributed by atoms with van der Waals surface area (Å²) in [6.07, 6.45) is 1.28. The highest BCUT2D eigenvalue weighted by molar-refractivity contribution is 6.05. The van der Waals surface area contributed by atoms with Crippen LogP contribution >= 0.6 is 0 Å². The molecule has 6 heteroatoms. The molecule has 2 amide bonds. The first-order valence-electron chi connectivity index (χ1n) is 10.7. The summed E-state index contributed by atoms with van der Waals surface area (Å²) in [5.74, 6) is -0.171. The fourth-order valence-electron chi connectivity index (χ4n) is 4.47. The van der Waals surface area contributed by atoms with Gasteiger partial charge in [0.15, 0.2) is 5.78 Å². The summed E-state index contributed by atoms with van der Waals surface area (Å²) in [5, 5.41) is 2.89. The lowest BCUT2D eigenvalue weighted by atomic mass is 9.93. The number of ether oxygens (including phenoxy) is 1. The Morgan fingerprint density at radius 1 is 1.23 bits per heavy atom. The van der Waals surface area contributed by atoms with Crippen LogP contribution in [0.2, 0.25) is 0 Å². The highest BCUT2D eigenvalue weighted by Crippen LogP contribution is 2.35. The third-order valence-electron chi connectivity index (χ3n) is 5.99. The molecule has 1 fully saturated rings. The Morgan fingerprint density at radius 3 is 2.74 bits per heavy atom. The van der Waals surface area contributed by atoms with Gasteiger partial charge >= 0.3 is 0 Å². The highest BCUT2D eigenvalue weighted by atomic mass is 16.5. The van der Waals surface area contributed by atoms with Crippen molar-refractivity contribution in [2.75, 3.05) is 16.8 Å². The molecule has 0 bridgehead atoms. The first-order chi connectivity index (χ1) is 14.7. The van der Waals surface area contributed by atoms with Crippen LogP contribution < -0.4 is 15.0 Å². The molecule has 2 aliphatic rings. The molecule has 2 heterocycles. The normalized spacial score (nSPS) is 19.7. The van der Waals surface area contributed by atoms with Crippen LogP contribution in [0.3, 0.4) is 0 Å². The zero-order valence-corrected chi connectivity index (χ0v) is 18.5. The molecule has 6 nitrogen and oxygen atoms in total. The Morgan fingerprint density at radius 2 is 2.00 bits per heavy atom. The minimum absolute atomic E-state index is 0.00350. The minimum Gasteiger partial charge on any atom is -0.487 e. The van der Waals surface area contributed by atoms with Gasteiger partial charge in [-0.2, -0.15) is 0 Å². The maximum Gasteiger partial charge on any atom is 0.229 e. The molecule has 0 radical (unpaired) electrons. The second-order valence-corrected chi connectivity index (χ2v) is 9.00. The van der Waals surface area contributed by atoms with Crippen molar-refractivity contribution >= 4 is 29.0 Å². The molecule has 2 aliphatic heterocycles. The van der Waals surface area contributed by atoms with Crippen molar-refractivity contribution in [3.05, 3.63) is 53.1 Å². The van der Waals surface area contributed by atoms with Gasteiger partial charge in [0, 0.05) is 24.3 Å². The van der Waals surface area contributed by atoms with Gasteiger partial charge in [-0.3, -0.25) is 14.4 Å². The van der Waals surface area contributed by atoms with Crippen LogP contribution in [0.25, 0.3) is 0 Å². The van der Waals surface area contributed by atoms with Crippen molar-refractivity contribution in [1.29, 1.82) is 0 Å². The van der Waals surface area contributed by atoms with Gasteiger partial charge in [0.2, 0.25) is 11.8 Å². The first kappa shape index (κ1) is 21.1. The van der Waals surface area contributed by atoms with Crippen molar-refractivity contribution in [1.82, 2.24) is 0 Å². The van der Waals surface area contributed by atoms with E-state index >= 15 is 0 Å². The molecule has 1 unspecified atom stereocenters. The number of nitrogens with one attached hydrogen (secondary N) is 1. The van der Waals surface area contributed by atoms with Crippen molar-refractivity contribution in [2.24, 2.45) is 5.92 Å². The molecule has 0 spiro atoms. The number of benzene rings is 2. The van der Waals surface area contributed by atoms with Gasteiger partial charge in [-0.15, -0.1) is 0 Å². The van der Waals surface area contributed by atoms with Crippen LogP contribution in [0, 0.1) is 12.8 Å². The van der Waals surface area contributed by atoms with Crippen LogP contribution in [-0.4, -0.2) is 29.7 Å². The third-order valence-corrected chi connectivity index (χ3v) is 5.99. The second-order valence-electron chi connectivity index (χ2n) is 9.00. The van der Waals surface area contributed by atoms with Crippen molar-refractivity contribution < 1.29 is 19.1 Å². The second kappa shape index (κ2) is 7.84. The van der Waals surface area contributed by atoms with Crippen LogP contribution in [0.5, 0.6) is 5.75 Å². The van der Waals surface area contributed by atoms with Gasteiger partial charge in [0.1, 0.15) is 11.4 Å². The number of Topliss-reactive ketones (excluding diaryl/α,β-unsaturated/α-hetero) is 1. The van der Waals surface area contributed by atoms with E-state index in [0.717, 1.165) is 23.2 Å². The zero-order valence-electron chi connectivity index (χ0n) is 18.5. The largest absolute Gasteiger partial charge is 0.487 e. The van der Waals surface area contributed by atoms with Crippen LogP contribution in [0.15, 0.2) is 36.4 Å². The van der Waals surface area contributed by atoms with E-state index < -0.39 is 11.5 Å². The fraction of sp³-hybridized carbons (Fsp3) is 0.400. The average Bonchev–Trinajstić information content (AvgIpc) is 3.09. The topological polar surface area (TPSA) is 75.7 Å². The number of hydrogen-bond donors (Lipinski definition) is 1. The summed E-state index contributed by atoms with van der Waals surface area (Å²) in [6.45, 7) is 8.16. The van der Waals surface area contributed by atoms with E-state index in [1.54, 1.807) is 23.1 Å². The molecule has 1 saturated heterocycles. The number of amides is 2. The summed E-state index contributed by atoms with van der Waals surface area (Å²) in [5.41, 5.74) is 3.54. The smallest absolute Gasteiger partial charge is 0.229 e. The van der Waals surface area contributed by atoms with E-state index in [1.165, 1.54) is 0 Å². The zero-order chi connectivity index (χ0) is 22.3. The molecule has 1 atom stereocenters.